The number of rotatable bonds is 5. The summed E-state index contributed by atoms with van der Waals surface area (Å²) in [7, 11) is 0. The van der Waals surface area contributed by atoms with Crippen molar-refractivity contribution in [2.24, 2.45) is 4.99 Å². The van der Waals surface area contributed by atoms with E-state index in [2.05, 4.69) is 24.7 Å². The summed E-state index contributed by atoms with van der Waals surface area (Å²) >= 11 is 0. The average molecular weight is 173 g/mol. The van der Waals surface area contributed by atoms with Gasteiger partial charge in [0.15, 0.2) is 0 Å². The van der Waals surface area contributed by atoms with E-state index in [1.807, 2.05) is 25.2 Å². The van der Waals surface area contributed by atoms with Crippen LogP contribution in [0.3, 0.4) is 0 Å². The van der Waals surface area contributed by atoms with Crippen LogP contribution in [0.2, 0.25) is 0 Å². The number of hydrogen-bond donors (Lipinski definition) is 0. The largest absolute Gasteiger partial charge is 0.256 e. The Balaban J connectivity index is 4.70. The molecule has 0 aliphatic rings. The minimum Gasteiger partial charge on any atom is -0.256 e. The third kappa shape index (κ3) is 4.75. The Morgan fingerprint density at radius 3 is 2.38 bits per heavy atom. The van der Waals surface area contributed by atoms with Crippen LogP contribution >= 0.6 is 0 Å². The highest BCUT2D eigenvalue weighted by molar-refractivity contribution is 5.72. The zero-order chi connectivity index (χ0) is 10.1. The van der Waals surface area contributed by atoms with Crippen LogP contribution in [0, 0.1) is 0 Å². The lowest BCUT2D eigenvalue weighted by Gasteiger charge is -1.98. The minimum atomic E-state index is 0.799. The van der Waals surface area contributed by atoms with Gasteiger partial charge in [-0.3, -0.25) is 4.99 Å². The Morgan fingerprint density at radius 1 is 1.23 bits per heavy atom. The van der Waals surface area contributed by atoms with Gasteiger partial charge in [0.05, 0.1) is 5.70 Å². The zero-order valence-electron chi connectivity index (χ0n) is 8.03. The van der Waals surface area contributed by atoms with Crippen LogP contribution in [0.4, 0.5) is 0 Å². The third-order valence-electron chi connectivity index (χ3n) is 1.29. The van der Waals surface area contributed by atoms with E-state index in [1.165, 1.54) is 0 Å². The van der Waals surface area contributed by atoms with Gasteiger partial charge in [-0.05, 0) is 18.6 Å². The smallest absolute Gasteiger partial charge is 0.0695 e. The molecule has 68 valence electrons. The van der Waals surface area contributed by atoms with Gasteiger partial charge >= 0.3 is 0 Å². The lowest BCUT2D eigenvalue weighted by molar-refractivity contribution is 1.36. The van der Waals surface area contributed by atoms with Gasteiger partial charge in [0, 0.05) is 6.21 Å². The van der Waals surface area contributed by atoms with Crippen molar-refractivity contribution >= 4 is 6.21 Å². The second-order valence-corrected chi connectivity index (χ2v) is 2.33. The van der Waals surface area contributed by atoms with Gasteiger partial charge in [0.25, 0.3) is 0 Å². The molecule has 0 rings (SSSR count). The lowest BCUT2D eigenvalue weighted by Crippen LogP contribution is -1.81. The predicted octanol–water partition coefficient (Wildman–Crippen LogP) is 3.45. The fourth-order valence-electron chi connectivity index (χ4n) is 0.764. The fraction of sp³-hybridized carbons (Fsp3) is 0.0833. The monoisotopic (exact) mass is 173 g/mol. The first kappa shape index (κ1) is 11.4. The third-order valence-corrected chi connectivity index (χ3v) is 1.29. The first-order valence-corrected chi connectivity index (χ1v) is 4.06. The topological polar surface area (TPSA) is 12.4 Å². The Bertz CT molecular complexity index is 277. The summed E-state index contributed by atoms with van der Waals surface area (Å²) in [6.07, 6.45) is 10.6. The maximum absolute atomic E-state index is 4.15. The summed E-state index contributed by atoms with van der Waals surface area (Å²) in [4.78, 5) is 4.15. The molecule has 0 N–H and O–H groups in total. The van der Waals surface area contributed by atoms with Gasteiger partial charge in [-0.2, -0.15) is 0 Å². The molecule has 0 amide bonds. The Hall–Kier alpha value is -1.63. The standard InChI is InChI=1S/C12H15N/c1-5-8-11(4)12(9-6-2)13-10-7-3/h5-10H,2-4H2,1H3/b8-5-,12-9-,13-10-. The molecule has 0 aliphatic carbocycles. The van der Waals surface area contributed by atoms with E-state index in [4.69, 9.17) is 0 Å². The molecule has 0 fully saturated rings. The molecule has 0 aromatic heterocycles. The Labute approximate surface area is 80.2 Å². The Kier molecular flexibility index (Phi) is 6.16. The molecule has 0 aromatic rings. The van der Waals surface area contributed by atoms with Crippen molar-refractivity contribution in [3.63, 3.8) is 0 Å². The molecule has 0 radical (unpaired) electrons. The van der Waals surface area contributed by atoms with Gasteiger partial charge < -0.3 is 0 Å². The van der Waals surface area contributed by atoms with Crippen LogP contribution in [0.5, 0.6) is 0 Å². The van der Waals surface area contributed by atoms with Crippen molar-refractivity contribution in [2.45, 2.75) is 6.92 Å². The summed E-state index contributed by atoms with van der Waals surface area (Å²) in [6.45, 7) is 13.0. The Morgan fingerprint density at radius 2 is 1.92 bits per heavy atom. The molecule has 1 nitrogen and oxygen atoms in total. The normalized spacial score (nSPS) is 12.2. The van der Waals surface area contributed by atoms with E-state index >= 15 is 0 Å². The first-order chi connectivity index (χ1) is 6.26. The van der Waals surface area contributed by atoms with Crippen molar-refractivity contribution in [1.82, 2.24) is 0 Å². The van der Waals surface area contributed by atoms with E-state index < -0.39 is 0 Å². The molecular formula is C12H15N. The summed E-state index contributed by atoms with van der Waals surface area (Å²) < 4.78 is 0. The van der Waals surface area contributed by atoms with Crippen LogP contribution < -0.4 is 0 Å². The molecule has 0 aliphatic heterocycles. The molecular weight excluding hydrogens is 158 g/mol. The van der Waals surface area contributed by atoms with E-state index in [9.17, 15) is 0 Å². The highest BCUT2D eigenvalue weighted by Gasteiger charge is 1.93. The van der Waals surface area contributed by atoms with Crippen molar-refractivity contribution in [1.29, 1.82) is 0 Å². The van der Waals surface area contributed by atoms with E-state index in [0.29, 0.717) is 0 Å². The van der Waals surface area contributed by atoms with Crippen LogP contribution in [0.1, 0.15) is 6.92 Å². The molecule has 0 saturated heterocycles. The highest BCUT2D eigenvalue weighted by Crippen LogP contribution is 2.10. The second-order valence-electron chi connectivity index (χ2n) is 2.33. The van der Waals surface area contributed by atoms with Crippen molar-refractivity contribution < 1.29 is 0 Å². The second kappa shape index (κ2) is 7.04. The summed E-state index contributed by atoms with van der Waals surface area (Å²) in [5.41, 5.74) is 1.66. The van der Waals surface area contributed by atoms with Gasteiger partial charge in [0.1, 0.15) is 0 Å². The molecule has 0 heterocycles. The predicted molar refractivity (Wildman–Crippen MR) is 60.9 cm³/mol. The summed E-state index contributed by atoms with van der Waals surface area (Å²) in [5, 5.41) is 0. The molecule has 0 aromatic carbocycles. The van der Waals surface area contributed by atoms with Gasteiger partial charge in [-0.25, -0.2) is 0 Å². The van der Waals surface area contributed by atoms with Gasteiger partial charge in [-0.15, -0.1) is 0 Å². The minimum absolute atomic E-state index is 0.799. The van der Waals surface area contributed by atoms with Crippen LogP contribution in [0.15, 0.2) is 66.4 Å². The number of allylic oxidation sites excluding steroid dienone is 5. The lowest BCUT2D eigenvalue weighted by atomic mass is 10.2. The maximum atomic E-state index is 4.15. The molecule has 1 heteroatoms. The summed E-state index contributed by atoms with van der Waals surface area (Å²) in [6, 6.07) is 0. The maximum Gasteiger partial charge on any atom is 0.0695 e. The molecule has 13 heavy (non-hydrogen) atoms. The molecule has 0 bridgehead atoms. The van der Waals surface area contributed by atoms with Crippen molar-refractivity contribution in [2.75, 3.05) is 0 Å². The number of nitrogens with zero attached hydrogens (tertiary/aromatic N) is 1. The number of aliphatic imine (C=N–C) groups is 1. The van der Waals surface area contributed by atoms with E-state index in [0.717, 1.165) is 11.3 Å². The average Bonchev–Trinajstić information content (AvgIpc) is 2.12. The van der Waals surface area contributed by atoms with Crippen molar-refractivity contribution in [3.05, 3.63) is 61.4 Å². The van der Waals surface area contributed by atoms with Crippen LogP contribution in [0.25, 0.3) is 0 Å². The van der Waals surface area contributed by atoms with Crippen LogP contribution in [-0.4, -0.2) is 6.21 Å². The van der Waals surface area contributed by atoms with E-state index in [-0.39, 0.29) is 0 Å². The molecule has 0 atom stereocenters. The van der Waals surface area contributed by atoms with Gasteiger partial charge in [0.2, 0.25) is 0 Å². The van der Waals surface area contributed by atoms with Crippen LogP contribution in [-0.2, 0) is 0 Å². The SMILES string of the molecule is C=C/C=N\C(=C/C=C)C(=C)/C=C\C. The first-order valence-electron chi connectivity index (χ1n) is 4.06. The fourth-order valence-corrected chi connectivity index (χ4v) is 0.764. The van der Waals surface area contributed by atoms with E-state index in [1.54, 1.807) is 18.4 Å². The quantitative estimate of drug-likeness (QED) is 0.446. The highest BCUT2D eigenvalue weighted by atomic mass is 14.7. The zero-order valence-corrected chi connectivity index (χ0v) is 8.03. The molecule has 0 saturated carbocycles. The molecule has 0 unspecified atom stereocenters. The summed E-state index contributed by atoms with van der Waals surface area (Å²) in [5.74, 6) is 0. The number of hydrogen-bond acceptors (Lipinski definition) is 1. The molecule has 0 spiro atoms. The van der Waals surface area contributed by atoms with Gasteiger partial charge in [-0.1, -0.05) is 44.0 Å². The van der Waals surface area contributed by atoms with Crippen molar-refractivity contribution in [3.8, 4) is 0 Å².